The molecule has 1 N–H and O–H groups in total. The summed E-state index contributed by atoms with van der Waals surface area (Å²) in [5.41, 5.74) is 3.20. The molecule has 1 fully saturated rings. The van der Waals surface area contributed by atoms with Crippen LogP contribution in [0.4, 0.5) is 14.9 Å². The van der Waals surface area contributed by atoms with E-state index in [4.69, 9.17) is 9.47 Å². The zero-order valence-corrected chi connectivity index (χ0v) is 19.4. The highest BCUT2D eigenvalue weighted by atomic mass is 19.1. The number of ether oxygens (including phenoxy) is 2. The van der Waals surface area contributed by atoms with Crippen molar-refractivity contribution in [2.45, 2.75) is 20.5 Å². The Kier molecular flexibility index (Phi) is 6.64. The van der Waals surface area contributed by atoms with Crippen molar-refractivity contribution in [3.05, 3.63) is 94.3 Å². The molecular weight excluding hydrogens is 451 g/mol. The number of rotatable bonds is 6. The lowest BCUT2D eigenvalue weighted by Crippen LogP contribution is -2.54. The smallest absolute Gasteiger partial charge is 0.335 e. The first-order valence-corrected chi connectivity index (χ1v) is 10.8. The third kappa shape index (κ3) is 5.06. The highest BCUT2D eigenvalue weighted by molar-refractivity contribution is 6.39. The van der Waals surface area contributed by atoms with Crippen LogP contribution in [0.25, 0.3) is 6.08 Å². The maximum atomic E-state index is 13.3. The van der Waals surface area contributed by atoms with Gasteiger partial charge in [0.15, 0.2) is 0 Å². The minimum atomic E-state index is -0.817. The van der Waals surface area contributed by atoms with Crippen molar-refractivity contribution >= 4 is 29.6 Å². The maximum Gasteiger partial charge on any atom is 0.335 e. The van der Waals surface area contributed by atoms with E-state index in [1.165, 1.54) is 25.3 Å². The summed E-state index contributed by atoms with van der Waals surface area (Å²) in [4.78, 5) is 39.3. The maximum absolute atomic E-state index is 13.3. The number of benzene rings is 3. The summed E-state index contributed by atoms with van der Waals surface area (Å²) < 4.78 is 24.4. The average molecular weight is 474 g/mol. The van der Waals surface area contributed by atoms with Crippen LogP contribution in [-0.4, -0.2) is 25.0 Å². The van der Waals surface area contributed by atoms with Crippen LogP contribution < -0.4 is 19.7 Å². The van der Waals surface area contributed by atoms with Gasteiger partial charge in [0.2, 0.25) is 0 Å². The van der Waals surface area contributed by atoms with Gasteiger partial charge in [-0.15, -0.1) is 0 Å². The molecule has 0 spiro atoms. The molecule has 1 aliphatic rings. The number of barbiturate groups is 1. The van der Waals surface area contributed by atoms with E-state index in [1.54, 1.807) is 48.5 Å². The van der Waals surface area contributed by atoms with Crippen LogP contribution in [0.1, 0.15) is 22.3 Å². The summed E-state index contributed by atoms with van der Waals surface area (Å²) in [6.07, 6.45) is 1.37. The fraction of sp³-hybridized carbons (Fsp3) is 0.148. The Labute approximate surface area is 201 Å². The molecule has 0 saturated carbocycles. The van der Waals surface area contributed by atoms with E-state index in [1.807, 2.05) is 13.8 Å². The highest BCUT2D eigenvalue weighted by Gasteiger charge is 2.37. The minimum Gasteiger partial charge on any atom is -0.497 e. The molecule has 178 valence electrons. The largest absolute Gasteiger partial charge is 0.497 e. The van der Waals surface area contributed by atoms with E-state index in [0.717, 1.165) is 21.6 Å². The molecule has 7 nitrogen and oxygen atoms in total. The van der Waals surface area contributed by atoms with Crippen LogP contribution in [-0.2, 0) is 16.2 Å². The average Bonchev–Trinajstić information content (AvgIpc) is 2.84. The first-order chi connectivity index (χ1) is 16.8. The van der Waals surface area contributed by atoms with Gasteiger partial charge in [0.05, 0.1) is 12.8 Å². The SMILES string of the molecule is COc1ccc(/C=C2\C(=O)NC(=O)N(c3ccc(C)c(C)c3)C2=O)c(OCc2ccc(F)cc2)c1. The molecule has 4 amide bonds. The Morgan fingerprint density at radius 1 is 0.943 bits per heavy atom. The van der Waals surface area contributed by atoms with Gasteiger partial charge < -0.3 is 9.47 Å². The highest BCUT2D eigenvalue weighted by Crippen LogP contribution is 2.30. The first-order valence-electron chi connectivity index (χ1n) is 10.8. The van der Waals surface area contributed by atoms with Crippen LogP contribution in [0.3, 0.4) is 0 Å². The van der Waals surface area contributed by atoms with E-state index < -0.39 is 17.8 Å². The second-order valence-corrected chi connectivity index (χ2v) is 8.05. The molecule has 1 saturated heterocycles. The van der Waals surface area contributed by atoms with Crippen molar-refractivity contribution in [1.82, 2.24) is 5.32 Å². The number of hydrogen-bond donors (Lipinski definition) is 1. The quantitative estimate of drug-likeness (QED) is 0.414. The molecule has 1 aliphatic heterocycles. The number of nitrogens with zero attached hydrogens (tertiary/aromatic N) is 1. The lowest BCUT2D eigenvalue weighted by Gasteiger charge is -2.27. The fourth-order valence-corrected chi connectivity index (χ4v) is 3.54. The molecule has 0 radical (unpaired) electrons. The Morgan fingerprint density at radius 3 is 2.37 bits per heavy atom. The van der Waals surface area contributed by atoms with Gasteiger partial charge in [-0.3, -0.25) is 14.9 Å². The van der Waals surface area contributed by atoms with Gasteiger partial charge in [-0.2, -0.15) is 0 Å². The summed E-state index contributed by atoms with van der Waals surface area (Å²) in [7, 11) is 1.50. The molecule has 0 aliphatic carbocycles. The number of hydrogen-bond acceptors (Lipinski definition) is 5. The Bertz CT molecular complexity index is 1350. The normalized spacial score (nSPS) is 14.8. The van der Waals surface area contributed by atoms with Crippen molar-refractivity contribution in [1.29, 1.82) is 0 Å². The Morgan fingerprint density at radius 2 is 1.69 bits per heavy atom. The molecule has 0 bridgehead atoms. The molecule has 0 atom stereocenters. The minimum absolute atomic E-state index is 0.122. The number of anilines is 1. The van der Waals surface area contributed by atoms with Gasteiger partial charge in [-0.1, -0.05) is 18.2 Å². The van der Waals surface area contributed by atoms with Gasteiger partial charge in [0, 0.05) is 11.6 Å². The lowest BCUT2D eigenvalue weighted by molar-refractivity contribution is -0.122. The number of aryl methyl sites for hydroxylation is 2. The molecule has 0 aromatic heterocycles. The molecule has 8 heteroatoms. The fourth-order valence-electron chi connectivity index (χ4n) is 3.54. The molecule has 0 unspecified atom stereocenters. The van der Waals surface area contributed by atoms with Gasteiger partial charge in [-0.05, 0) is 73.0 Å². The summed E-state index contributed by atoms with van der Waals surface area (Å²) in [6.45, 7) is 3.91. The molecule has 3 aromatic rings. The number of urea groups is 1. The predicted octanol–water partition coefficient (Wildman–Crippen LogP) is 4.70. The van der Waals surface area contributed by atoms with Gasteiger partial charge in [0.1, 0.15) is 29.5 Å². The Balaban J connectivity index is 1.68. The van der Waals surface area contributed by atoms with Crippen molar-refractivity contribution in [3.63, 3.8) is 0 Å². The van der Waals surface area contributed by atoms with Gasteiger partial charge in [-0.25, -0.2) is 14.1 Å². The standard InChI is InChI=1S/C27H23FN2O5/c1-16-4-10-21(12-17(16)2)30-26(32)23(25(31)29-27(30)33)13-19-7-11-22(34-3)14-24(19)35-15-18-5-8-20(28)9-6-18/h4-14H,15H2,1-3H3,(H,29,31,33)/b23-13+. The molecule has 4 rings (SSSR count). The summed E-state index contributed by atoms with van der Waals surface area (Å²) in [6, 6.07) is 15.1. The number of nitrogens with one attached hydrogen (secondary N) is 1. The van der Waals surface area contributed by atoms with Crippen LogP contribution in [0.15, 0.2) is 66.2 Å². The zero-order chi connectivity index (χ0) is 25.1. The van der Waals surface area contributed by atoms with Crippen LogP contribution in [0, 0.1) is 19.7 Å². The second kappa shape index (κ2) is 9.80. The number of halogens is 1. The van der Waals surface area contributed by atoms with Crippen molar-refractivity contribution in [2.24, 2.45) is 0 Å². The lowest BCUT2D eigenvalue weighted by atomic mass is 10.0. The summed E-state index contributed by atoms with van der Waals surface area (Å²) in [5.74, 6) is -1.06. The summed E-state index contributed by atoms with van der Waals surface area (Å²) >= 11 is 0. The van der Waals surface area contributed by atoms with Crippen LogP contribution >= 0.6 is 0 Å². The Hall–Kier alpha value is -4.46. The van der Waals surface area contributed by atoms with E-state index in [0.29, 0.717) is 22.7 Å². The zero-order valence-electron chi connectivity index (χ0n) is 19.4. The first kappa shape index (κ1) is 23.7. The summed E-state index contributed by atoms with van der Waals surface area (Å²) in [5, 5.41) is 2.23. The molecule has 3 aromatic carbocycles. The monoisotopic (exact) mass is 474 g/mol. The predicted molar refractivity (Wildman–Crippen MR) is 129 cm³/mol. The van der Waals surface area contributed by atoms with Gasteiger partial charge in [0.25, 0.3) is 11.8 Å². The van der Waals surface area contributed by atoms with Gasteiger partial charge >= 0.3 is 6.03 Å². The third-order valence-corrected chi connectivity index (χ3v) is 5.68. The number of amides is 4. The molecule has 1 heterocycles. The molecule has 35 heavy (non-hydrogen) atoms. The number of imide groups is 2. The van der Waals surface area contributed by atoms with Crippen LogP contribution in [0.5, 0.6) is 11.5 Å². The van der Waals surface area contributed by atoms with E-state index >= 15 is 0 Å². The topological polar surface area (TPSA) is 84.9 Å². The van der Waals surface area contributed by atoms with Crippen molar-refractivity contribution in [3.8, 4) is 11.5 Å². The number of carbonyl (C=O) groups is 3. The van der Waals surface area contributed by atoms with E-state index in [-0.39, 0.29) is 18.0 Å². The number of carbonyl (C=O) groups excluding carboxylic acids is 3. The van der Waals surface area contributed by atoms with Crippen molar-refractivity contribution < 1.29 is 28.2 Å². The second-order valence-electron chi connectivity index (χ2n) is 8.05. The van der Waals surface area contributed by atoms with Crippen LogP contribution in [0.2, 0.25) is 0 Å². The third-order valence-electron chi connectivity index (χ3n) is 5.68. The van der Waals surface area contributed by atoms with Crippen molar-refractivity contribution in [2.75, 3.05) is 12.0 Å². The van der Waals surface area contributed by atoms with E-state index in [9.17, 15) is 18.8 Å². The number of methoxy groups -OCH3 is 1. The molecular formula is C27H23FN2O5. The van der Waals surface area contributed by atoms with E-state index in [2.05, 4.69) is 5.32 Å².